The molecule has 0 bridgehead atoms. The summed E-state index contributed by atoms with van der Waals surface area (Å²) >= 11 is 0. The molecular weight excluding hydrogens is 464 g/mol. The number of carbonyl (C=O) groups excluding carboxylic acids is 1. The first kappa shape index (κ1) is 23.4. The lowest BCUT2D eigenvalue weighted by molar-refractivity contribution is 0.155. The number of piperidine rings is 1. The zero-order valence-electron chi connectivity index (χ0n) is 21.0. The fraction of sp³-hybridized carbons (Fsp3) is 0.357. The number of urea groups is 1. The van der Waals surface area contributed by atoms with E-state index < -0.39 is 0 Å². The largest absolute Gasteiger partial charge is 0.351 e. The van der Waals surface area contributed by atoms with Crippen molar-refractivity contribution in [3.8, 4) is 5.82 Å². The number of hydrogen-bond acceptors (Lipinski definition) is 6. The Balaban J connectivity index is 1.11. The van der Waals surface area contributed by atoms with Crippen LogP contribution in [0.15, 0.2) is 67.1 Å². The zero-order valence-corrected chi connectivity index (χ0v) is 21.0. The van der Waals surface area contributed by atoms with Crippen molar-refractivity contribution in [2.75, 3.05) is 25.0 Å². The number of carbonyl (C=O) groups is 1. The third-order valence-corrected chi connectivity index (χ3v) is 7.53. The lowest BCUT2D eigenvalue weighted by atomic mass is 9.92. The number of nitrogens with one attached hydrogen (secondary N) is 3. The Kier molecular flexibility index (Phi) is 6.44. The Hall–Kier alpha value is -3.98. The van der Waals surface area contributed by atoms with Gasteiger partial charge in [-0.1, -0.05) is 36.4 Å². The van der Waals surface area contributed by atoms with Crippen LogP contribution in [0.5, 0.6) is 0 Å². The topological polar surface area (TPSA) is 100 Å². The van der Waals surface area contributed by atoms with Crippen LogP contribution >= 0.6 is 0 Å². The monoisotopic (exact) mass is 496 g/mol. The maximum Gasteiger partial charge on any atom is 0.318 e. The third kappa shape index (κ3) is 4.86. The van der Waals surface area contributed by atoms with Crippen LogP contribution in [0.1, 0.15) is 37.1 Å². The Bertz CT molecular complexity index is 1400. The normalized spacial score (nSPS) is 20.3. The Morgan fingerprint density at radius 1 is 1.11 bits per heavy atom. The molecule has 3 N–H and O–H groups in total. The lowest BCUT2D eigenvalue weighted by Crippen LogP contribution is -2.52. The number of rotatable bonds is 5. The minimum Gasteiger partial charge on any atom is -0.351 e. The first-order valence-electron chi connectivity index (χ1n) is 13.0. The minimum absolute atomic E-state index is 0.0173. The van der Waals surface area contributed by atoms with Gasteiger partial charge in [0.1, 0.15) is 18.3 Å². The van der Waals surface area contributed by atoms with Crippen molar-refractivity contribution in [2.45, 2.75) is 38.4 Å². The van der Waals surface area contributed by atoms with Crippen LogP contribution in [-0.4, -0.2) is 56.1 Å². The van der Waals surface area contributed by atoms with Crippen molar-refractivity contribution >= 4 is 23.0 Å². The number of aromatic nitrogens is 4. The first-order valence-corrected chi connectivity index (χ1v) is 13.0. The number of benzene rings is 2. The molecule has 9 heteroatoms. The van der Waals surface area contributed by atoms with Gasteiger partial charge in [0.05, 0.1) is 11.0 Å². The number of amides is 2. The van der Waals surface area contributed by atoms with Crippen LogP contribution < -0.4 is 16.0 Å². The van der Waals surface area contributed by atoms with Crippen molar-refractivity contribution in [2.24, 2.45) is 5.92 Å². The van der Waals surface area contributed by atoms with Gasteiger partial charge in [-0.3, -0.25) is 9.88 Å². The predicted molar refractivity (Wildman–Crippen MR) is 143 cm³/mol. The molecule has 3 unspecified atom stereocenters. The third-order valence-electron chi connectivity index (χ3n) is 7.53. The summed E-state index contributed by atoms with van der Waals surface area (Å²) < 4.78 is 1.97. The van der Waals surface area contributed by atoms with Crippen molar-refractivity contribution in [3.63, 3.8) is 0 Å². The van der Waals surface area contributed by atoms with Crippen LogP contribution in [0.3, 0.4) is 0 Å². The molecule has 0 saturated carbocycles. The second-order valence-electron chi connectivity index (χ2n) is 9.91. The highest BCUT2D eigenvalue weighted by Crippen LogP contribution is 2.24. The Labute approximate surface area is 216 Å². The van der Waals surface area contributed by atoms with Gasteiger partial charge in [-0.2, -0.15) is 4.98 Å². The summed E-state index contributed by atoms with van der Waals surface area (Å²) in [6, 6.07) is 18.3. The molecule has 0 radical (unpaired) electrons. The van der Waals surface area contributed by atoms with E-state index in [-0.39, 0.29) is 18.2 Å². The predicted octanol–water partition coefficient (Wildman–Crippen LogP) is 3.88. The molecule has 2 amide bonds. The van der Waals surface area contributed by atoms with Gasteiger partial charge < -0.3 is 15.5 Å². The van der Waals surface area contributed by atoms with Crippen molar-refractivity contribution in [3.05, 3.63) is 78.2 Å². The van der Waals surface area contributed by atoms with E-state index >= 15 is 0 Å². The summed E-state index contributed by atoms with van der Waals surface area (Å²) in [6.45, 7) is 4.47. The maximum absolute atomic E-state index is 13.2. The zero-order chi connectivity index (χ0) is 25.2. The van der Waals surface area contributed by atoms with Gasteiger partial charge in [0.15, 0.2) is 0 Å². The summed E-state index contributed by atoms with van der Waals surface area (Å²) in [4.78, 5) is 28.8. The molecule has 4 heterocycles. The summed E-state index contributed by atoms with van der Waals surface area (Å²) in [5.74, 6) is 1.64. The van der Waals surface area contributed by atoms with Crippen molar-refractivity contribution in [1.29, 1.82) is 0 Å². The summed E-state index contributed by atoms with van der Waals surface area (Å²) in [7, 11) is 0. The van der Waals surface area contributed by atoms with Gasteiger partial charge in [0, 0.05) is 31.9 Å². The SMILES string of the molecule is CC(Nc1nccc(-n2cnc3ccccc32)n1)C1CCCN(C(=O)NC2NCCc3ccccc32)C1. The number of nitrogens with zero attached hydrogens (tertiary/aromatic N) is 5. The van der Waals surface area contributed by atoms with E-state index in [1.165, 1.54) is 5.56 Å². The van der Waals surface area contributed by atoms with Gasteiger partial charge in [-0.05, 0) is 61.4 Å². The van der Waals surface area contributed by atoms with E-state index in [2.05, 4.69) is 51.0 Å². The highest BCUT2D eigenvalue weighted by atomic mass is 16.2. The quantitative estimate of drug-likeness (QED) is 0.388. The molecule has 0 aliphatic carbocycles. The molecule has 6 rings (SSSR count). The van der Waals surface area contributed by atoms with Gasteiger partial charge in [0.25, 0.3) is 0 Å². The summed E-state index contributed by atoms with van der Waals surface area (Å²) in [5.41, 5.74) is 4.39. The number of likely N-dealkylation sites (tertiary alicyclic amines) is 1. The van der Waals surface area contributed by atoms with Crippen LogP contribution in [0.2, 0.25) is 0 Å². The molecule has 0 spiro atoms. The summed E-state index contributed by atoms with van der Waals surface area (Å²) in [6.07, 6.45) is 6.41. The Morgan fingerprint density at radius 3 is 2.92 bits per heavy atom. The maximum atomic E-state index is 13.2. The van der Waals surface area contributed by atoms with E-state index in [1.807, 2.05) is 45.9 Å². The minimum atomic E-state index is -0.149. The molecule has 1 fully saturated rings. The standard InChI is InChI=1S/C28H32N8O/c1-19(32-27-30-15-13-25(33-27)36-18-31-23-10-4-5-11-24(23)36)21-8-6-16-35(17-21)28(37)34-26-22-9-3-2-7-20(22)12-14-29-26/h2-5,7,9-11,13,15,18-19,21,26,29H,6,8,12,14,16-17H2,1H3,(H,34,37)(H,30,32,33). The van der Waals surface area contributed by atoms with Crippen molar-refractivity contribution < 1.29 is 4.79 Å². The molecule has 2 aliphatic rings. The van der Waals surface area contributed by atoms with Gasteiger partial charge >= 0.3 is 6.03 Å². The lowest BCUT2D eigenvalue weighted by Gasteiger charge is -2.37. The van der Waals surface area contributed by atoms with Crippen molar-refractivity contribution in [1.82, 2.24) is 35.1 Å². The van der Waals surface area contributed by atoms with Crippen LogP contribution in [0, 0.1) is 5.92 Å². The number of fused-ring (bicyclic) bond motifs is 2. The fourth-order valence-electron chi connectivity index (χ4n) is 5.47. The molecule has 1 saturated heterocycles. The molecule has 4 aromatic rings. The van der Waals surface area contributed by atoms with E-state index in [9.17, 15) is 4.79 Å². The molecule has 37 heavy (non-hydrogen) atoms. The smallest absolute Gasteiger partial charge is 0.318 e. The molecule has 190 valence electrons. The number of hydrogen-bond donors (Lipinski definition) is 3. The van der Waals surface area contributed by atoms with Crippen LogP contribution in [-0.2, 0) is 6.42 Å². The summed E-state index contributed by atoms with van der Waals surface area (Å²) in [5, 5.41) is 10.1. The molecule has 2 aromatic heterocycles. The average Bonchev–Trinajstić information content (AvgIpc) is 3.38. The Morgan fingerprint density at radius 2 is 1.97 bits per heavy atom. The number of imidazole rings is 1. The average molecular weight is 497 g/mol. The fourth-order valence-corrected chi connectivity index (χ4v) is 5.47. The van der Waals surface area contributed by atoms with E-state index in [4.69, 9.17) is 4.98 Å². The van der Waals surface area contributed by atoms with Gasteiger partial charge in [-0.25, -0.2) is 14.8 Å². The first-order chi connectivity index (χ1) is 18.2. The molecule has 2 aliphatic heterocycles. The van der Waals surface area contributed by atoms with Crippen LogP contribution in [0.25, 0.3) is 16.9 Å². The highest BCUT2D eigenvalue weighted by Gasteiger charge is 2.30. The number of anilines is 1. The van der Waals surface area contributed by atoms with E-state index in [0.29, 0.717) is 18.4 Å². The number of para-hydroxylation sites is 2. The molecular formula is C28H32N8O. The highest BCUT2D eigenvalue weighted by molar-refractivity contribution is 5.77. The second kappa shape index (κ2) is 10.2. The van der Waals surface area contributed by atoms with Gasteiger partial charge in [-0.15, -0.1) is 0 Å². The van der Waals surface area contributed by atoms with Crippen LogP contribution in [0.4, 0.5) is 10.7 Å². The molecule has 2 aromatic carbocycles. The van der Waals surface area contributed by atoms with Gasteiger partial charge in [0.2, 0.25) is 5.95 Å². The molecule has 9 nitrogen and oxygen atoms in total. The van der Waals surface area contributed by atoms with E-state index in [1.54, 1.807) is 12.5 Å². The second-order valence-corrected chi connectivity index (χ2v) is 9.91. The van der Waals surface area contributed by atoms with E-state index in [0.717, 1.165) is 54.8 Å². The molecule has 3 atom stereocenters.